The van der Waals surface area contributed by atoms with Crippen LogP contribution in [0.1, 0.15) is 25.0 Å². The van der Waals surface area contributed by atoms with Crippen LogP contribution in [0, 0.1) is 12.8 Å². The topological polar surface area (TPSA) is 84.9 Å². The molecule has 4 rings (SSSR count). The van der Waals surface area contributed by atoms with E-state index >= 15 is 0 Å². The zero-order chi connectivity index (χ0) is 21.1. The van der Waals surface area contributed by atoms with Gasteiger partial charge in [0.15, 0.2) is 0 Å². The average Bonchev–Trinajstić information content (AvgIpc) is 3.16. The second-order valence-electron chi connectivity index (χ2n) is 7.78. The van der Waals surface area contributed by atoms with Crippen LogP contribution in [0.5, 0.6) is 11.6 Å². The number of benzene rings is 1. The van der Waals surface area contributed by atoms with E-state index in [4.69, 9.17) is 9.47 Å². The van der Waals surface area contributed by atoms with Gasteiger partial charge in [0, 0.05) is 31.3 Å². The van der Waals surface area contributed by atoms with Gasteiger partial charge in [-0.1, -0.05) is 0 Å². The number of hydrogen-bond donors (Lipinski definition) is 0. The first kappa shape index (κ1) is 20.1. The Morgan fingerprint density at radius 3 is 2.60 bits per heavy atom. The van der Waals surface area contributed by atoms with Gasteiger partial charge in [-0.2, -0.15) is 5.10 Å². The molecular formula is C22H26N4O4. The van der Waals surface area contributed by atoms with Crippen LogP contribution in [-0.4, -0.2) is 59.8 Å². The first-order chi connectivity index (χ1) is 14.5. The molecule has 2 amide bonds. The molecule has 0 spiro atoms. The van der Waals surface area contributed by atoms with E-state index < -0.39 is 0 Å². The van der Waals surface area contributed by atoms with E-state index in [0.29, 0.717) is 25.5 Å². The summed E-state index contributed by atoms with van der Waals surface area (Å²) in [5.74, 6) is 0.857. The molecule has 1 aromatic carbocycles. The first-order valence-electron chi connectivity index (χ1n) is 10.2. The predicted octanol–water partition coefficient (Wildman–Crippen LogP) is 2.22. The Balaban J connectivity index is 1.37. The number of nitrogens with zero attached hydrogens (tertiary/aromatic N) is 4. The second kappa shape index (κ2) is 8.69. The number of methoxy groups -OCH3 is 1. The lowest BCUT2D eigenvalue weighted by molar-refractivity contribution is -0.138. The van der Waals surface area contributed by atoms with Crippen LogP contribution in [0.2, 0.25) is 0 Å². The number of aromatic nitrogens is 2. The summed E-state index contributed by atoms with van der Waals surface area (Å²) >= 11 is 0. The van der Waals surface area contributed by atoms with E-state index in [0.717, 1.165) is 30.0 Å². The molecule has 2 unspecified atom stereocenters. The maximum atomic E-state index is 13.1. The normalized spacial score (nSPS) is 21.6. The highest BCUT2D eigenvalue weighted by molar-refractivity contribution is 6.00. The summed E-state index contributed by atoms with van der Waals surface area (Å²) in [6.07, 6.45) is 1.84. The van der Waals surface area contributed by atoms with Crippen molar-refractivity contribution in [3.05, 3.63) is 42.1 Å². The molecule has 2 fully saturated rings. The lowest BCUT2D eigenvalue weighted by Crippen LogP contribution is -2.47. The summed E-state index contributed by atoms with van der Waals surface area (Å²) < 4.78 is 11.1. The Kier molecular flexibility index (Phi) is 5.83. The van der Waals surface area contributed by atoms with Gasteiger partial charge in [-0.25, -0.2) is 0 Å². The number of amides is 2. The van der Waals surface area contributed by atoms with Crippen molar-refractivity contribution in [2.45, 2.75) is 32.3 Å². The van der Waals surface area contributed by atoms with Crippen molar-refractivity contribution >= 4 is 17.5 Å². The quantitative estimate of drug-likeness (QED) is 0.751. The van der Waals surface area contributed by atoms with Gasteiger partial charge in [-0.15, -0.1) is 5.10 Å². The van der Waals surface area contributed by atoms with Crippen LogP contribution in [0.15, 0.2) is 36.4 Å². The van der Waals surface area contributed by atoms with Crippen molar-refractivity contribution in [1.82, 2.24) is 15.1 Å². The molecule has 30 heavy (non-hydrogen) atoms. The number of piperidine rings is 1. The molecule has 8 heteroatoms. The molecule has 2 aliphatic rings. The van der Waals surface area contributed by atoms with Crippen LogP contribution in [-0.2, 0) is 9.59 Å². The zero-order valence-electron chi connectivity index (χ0n) is 17.3. The summed E-state index contributed by atoms with van der Waals surface area (Å²) in [7, 11) is 1.60. The number of aryl methyl sites for hydroxylation is 1. The predicted molar refractivity (Wildman–Crippen MR) is 110 cm³/mol. The van der Waals surface area contributed by atoms with E-state index in [1.54, 1.807) is 18.1 Å². The van der Waals surface area contributed by atoms with Crippen molar-refractivity contribution in [3.8, 4) is 11.6 Å². The number of carbonyl (C=O) groups excluding carboxylic acids is 2. The Morgan fingerprint density at radius 2 is 1.90 bits per heavy atom. The summed E-state index contributed by atoms with van der Waals surface area (Å²) in [5.41, 5.74) is 1.61. The Labute approximate surface area is 175 Å². The summed E-state index contributed by atoms with van der Waals surface area (Å²) in [5, 5.41) is 8.06. The van der Waals surface area contributed by atoms with Gasteiger partial charge in [0.2, 0.25) is 17.7 Å². The maximum Gasteiger partial charge on any atom is 0.233 e. The Hall–Kier alpha value is -3.16. The first-order valence-corrected chi connectivity index (χ1v) is 10.2. The van der Waals surface area contributed by atoms with Gasteiger partial charge in [0.25, 0.3) is 0 Å². The Morgan fingerprint density at radius 1 is 1.10 bits per heavy atom. The van der Waals surface area contributed by atoms with Crippen LogP contribution < -0.4 is 14.4 Å². The number of anilines is 1. The van der Waals surface area contributed by atoms with E-state index in [1.165, 1.54) is 0 Å². The Bertz CT molecular complexity index is 900. The molecule has 1 aromatic heterocycles. The molecule has 158 valence electrons. The van der Waals surface area contributed by atoms with Crippen molar-refractivity contribution < 1.29 is 19.1 Å². The zero-order valence-corrected chi connectivity index (χ0v) is 17.3. The molecular weight excluding hydrogens is 384 g/mol. The maximum absolute atomic E-state index is 13.1. The number of hydrogen-bond acceptors (Lipinski definition) is 6. The summed E-state index contributed by atoms with van der Waals surface area (Å²) in [6.45, 7) is 3.46. The van der Waals surface area contributed by atoms with E-state index in [-0.39, 0.29) is 30.3 Å². The fourth-order valence-corrected chi connectivity index (χ4v) is 4.00. The molecule has 2 atom stereocenters. The molecule has 0 saturated carbocycles. The molecule has 2 aromatic rings. The van der Waals surface area contributed by atoms with Gasteiger partial charge in [0.05, 0.1) is 25.3 Å². The lowest BCUT2D eigenvalue weighted by Gasteiger charge is -2.34. The van der Waals surface area contributed by atoms with Crippen molar-refractivity contribution in [1.29, 1.82) is 0 Å². The molecule has 3 heterocycles. The fraction of sp³-hybridized carbons (Fsp3) is 0.455. The minimum absolute atomic E-state index is 0.0163. The van der Waals surface area contributed by atoms with Crippen molar-refractivity contribution in [3.63, 3.8) is 0 Å². The smallest absolute Gasteiger partial charge is 0.233 e. The van der Waals surface area contributed by atoms with Crippen LogP contribution in [0.25, 0.3) is 0 Å². The van der Waals surface area contributed by atoms with Crippen molar-refractivity contribution in [2.75, 3.05) is 31.6 Å². The average molecular weight is 410 g/mol. The molecule has 2 aliphatic heterocycles. The minimum atomic E-state index is -0.336. The highest BCUT2D eigenvalue weighted by atomic mass is 16.5. The van der Waals surface area contributed by atoms with Gasteiger partial charge in [-0.3, -0.25) is 9.59 Å². The minimum Gasteiger partial charge on any atom is -0.497 e. The van der Waals surface area contributed by atoms with E-state index in [1.807, 2.05) is 42.2 Å². The summed E-state index contributed by atoms with van der Waals surface area (Å²) in [4.78, 5) is 29.2. The molecule has 2 saturated heterocycles. The summed E-state index contributed by atoms with van der Waals surface area (Å²) in [6, 6.07) is 11.0. The largest absolute Gasteiger partial charge is 0.497 e. The molecule has 0 radical (unpaired) electrons. The highest BCUT2D eigenvalue weighted by Crippen LogP contribution is 2.29. The van der Waals surface area contributed by atoms with Gasteiger partial charge >= 0.3 is 0 Å². The molecule has 8 nitrogen and oxygen atoms in total. The highest BCUT2D eigenvalue weighted by Gasteiger charge is 2.38. The third kappa shape index (κ3) is 4.37. The third-order valence-corrected chi connectivity index (χ3v) is 5.61. The molecule has 0 aliphatic carbocycles. The second-order valence-corrected chi connectivity index (χ2v) is 7.78. The van der Waals surface area contributed by atoms with Crippen LogP contribution in [0.3, 0.4) is 0 Å². The number of rotatable bonds is 5. The number of ether oxygens (including phenoxy) is 2. The number of carbonyl (C=O) groups is 2. The molecule has 0 bridgehead atoms. The van der Waals surface area contributed by atoms with Gasteiger partial charge in [0.1, 0.15) is 11.9 Å². The van der Waals surface area contributed by atoms with Crippen LogP contribution >= 0.6 is 0 Å². The molecule has 0 N–H and O–H groups in total. The van der Waals surface area contributed by atoms with Crippen molar-refractivity contribution in [2.24, 2.45) is 5.92 Å². The number of likely N-dealkylation sites (tertiary alicyclic amines) is 1. The van der Waals surface area contributed by atoms with E-state index in [2.05, 4.69) is 10.2 Å². The monoisotopic (exact) mass is 410 g/mol. The SMILES string of the molecule is COc1ccc(N2CC(C(=O)N3CCCC(Oc4ccc(C)nn4)C3)CC2=O)cc1. The van der Waals surface area contributed by atoms with Crippen LogP contribution in [0.4, 0.5) is 5.69 Å². The van der Waals surface area contributed by atoms with E-state index in [9.17, 15) is 9.59 Å². The third-order valence-electron chi connectivity index (χ3n) is 5.61. The standard InChI is InChI=1S/C22H26N4O4/c1-15-5-10-20(24-23-15)30-19-4-3-11-25(14-19)22(28)16-12-21(27)26(13-16)17-6-8-18(29-2)9-7-17/h5-10,16,19H,3-4,11-14H2,1-2H3. The fourth-order valence-electron chi connectivity index (χ4n) is 4.00. The lowest BCUT2D eigenvalue weighted by atomic mass is 10.0. The van der Waals surface area contributed by atoms with Gasteiger partial charge < -0.3 is 19.3 Å². The van der Waals surface area contributed by atoms with Gasteiger partial charge in [-0.05, 0) is 50.1 Å².